The van der Waals surface area contributed by atoms with E-state index in [0.29, 0.717) is 12.1 Å². The first-order valence-electron chi connectivity index (χ1n) is 13.4. The summed E-state index contributed by atoms with van der Waals surface area (Å²) in [5.41, 5.74) is 7.57. The molecule has 0 bridgehead atoms. The summed E-state index contributed by atoms with van der Waals surface area (Å²) >= 11 is 0. The molecule has 1 unspecified atom stereocenters. The van der Waals surface area contributed by atoms with E-state index in [0.717, 1.165) is 72.0 Å². The van der Waals surface area contributed by atoms with E-state index in [1.807, 2.05) is 32.6 Å². The number of fused-ring (bicyclic) bond motifs is 1. The molecule has 0 radical (unpaired) electrons. The van der Waals surface area contributed by atoms with Crippen LogP contribution in [0.4, 0.5) is 0 Å². The standard InChI is InChI=1S/C31H41NO4/c1-19-12-14-22(15-13-19)26-20(2)24-16-17-32(29(33)23-10-8-7-9-11-23)18-25(24)21(3)27(26)28(30(34)35)36-31(4,5)6/h12-15,23,28H,7-11,16-18H2,1-6H3,(H,34,35). The Balaban J connectivity index is 1.85. The molecule has 1 fully saturated rings. The van der Waals surface area contributed by atoms with Gasteiger partial charge < -0.3 is 14.7 Å². The van der Waals surface area contributed by atoms with Gasteiger partial charge in [-0.15, -0.1) is 0 Å². The van der Waals surface area contributed by atoms with Crippen molar-refractivity contribution in [3.8, 4) is 11.1 Å². The topological polar surface area (TPSA) is 66.8 Å². The molecule has 194 valence electrons. The minimum atomic E-state index is -1.10. The average molecular weight is 492 g/mol. The summed E-state index contributed by atoms with van der Waals surface area (Å²) in [7, 11) is 0. The summed E-state index contributed by atoms with van der Waals surface area (Å²) in [5.74, 6) is -0.599. The predicted molar refractivity (Wildman–Crippen MR) is 143 cm³/mol. The third kappa shape index (κ3) is 5.36. The van der Waals surface area contributed by atoms with Crippen LogP contribution in [0.1, 0.15) is 92.4 Å². The van der Waals surface area contributed by atoms with Crippen molar-refractivity contribution in [1.29, 1.82) is 0 Å². The van der Waals surface area contributed by atoms with Crippen molar-refractivity contribution in [2.24, 2.45) is 5.92 Å². The lowest BCUT2D eigenvalue weighted by Crippen LogP contribution is -2.41. The number of carbonyl (C=O) groups excluding carboxylic acids is 1. The molecule has 1 aliphatic carbocycles. The monoisotopic (exact) mass is 491 g/mol. The fourth-order valence-electron chi connectivity index (χ4n) is 6.03. The van der Waals surface area contributed by atoms with Crippen LogP contribution in [-0.2, 0) is 27.3 Å². The lowest BCUT2D eigenvalue weighted by molar-refractivity contribution is -0.160. The molecule has 4 rings (SSSR count). The summed E-state index contributed by atoms with van der Waals surface area (Å²) < 4.78 is 6.19. The molecule has 1 heterocycles. The maximum absolute atomic E-state index is 13.4. The van der Waals surface area contributed by atoms with Gasteiger partial charge in [-0.05, 0) is 94.2 Å². The molecule has 1 N–H and O–H groups in total. The van der Waals surface area contributed by atoms with E-state index >= 15 is 0 Å². The fraction of sp³-hybridized carbons (Fsp3) is 0.548. The molecular weight excluding hydrogens is 450 g/mol. The highest BCUT2D eigenvalue weighted by molar-refractivity contribution is 5.85. The van der Waals surface area contributed by atoms with E-state index in [-0.39, 0.29) is 11.8 Å². The number of ether oxygens (including phenoxy) is 1. The highest BCUT2D eigenvalue weighted by Gasteiger charge is 2.36. The van der Waals surface area contributed by atoms with Crippen LogP contribution < -0.4 is 0 Å². The molecule has 1 aliphatic heterocycles. The number of aliphatic carboxylic acids is 1. The second-order valence-electron chi connectivity index (χ2n) is 11.7. The lowest BCUT2D eigenvalue weighted by Gasteiger charge is -2.37. The average Bonchev–Trinajstić information content (AvgIpc) is 2.84. The van der Waals surface area contributed by atoms with Crippen LogP contribution in [0.15, 0.2) is 24.3 Å². The van der Waals surface area contributed by atoms with Crippen LogP contribution in [0.25, 0.3) is 11.1 Å². The highest BCUT2D eigenvalue weighted by Crippen LogP contribution is 2.43. The van der Waals surface area contributed by atoms with Gasteiger partial charge in [0.1, 0.15) is 0 Å². The molecule has 0 aromatic heterocycles. The molecule has 36 heavy (non-hydrogen) atoms. The molecule has 5 nitrogen and oxygen atoms in total. The molecule has 2 aromatic rings. The molecular formula is C31H41NO4. The first kappa shape index (κ1) is 26.4. The minimum Gasteiger partial charge on any atom is -0.479 e. The number of rotatable bonds is 5. The number of nitrogens with zero attached hydrogens (tertiary/aromatic N) is 1. The summed E-state index contributed by atoms with van der Waals surface area (Å²) in [6.45, 7) is 13.1. The van der Waals surface area contributed by atoms with Crippen LogP contribution >= 0.6 is 0 Å². The van der Waals surface area contributed by atoms with Gasteiger partial charge in [0.2, 0.25) is 5.91 Å². The van der Waals surface area contributed by atoms with Crippen LogP contribution in [0.5, 0.6) is 0 Å². The molecule has 1 atom stereocenters. The Kier molecular flexibility index (Phi) is 7.61. The summed E-state index contributed by atoms with van der Waals surface area (Å²) in [6.07, 6.45) is 5.14. The number of carbonyl (C=O) groups is 2. The largest absolute Gasteiger partial charge is 0.479 e. The van der Waals surface area contributed by atoms with Gasteiger partial charge in [-0.2, -0.15) is 0 Å². The predicted octanol–water partition coefficient (Wildman–Crippen LogP) is 6.68. The fourth-order valence-corrected chi connectivity index (χ4v) is 6.03. The number of hydrogen-bond donors (Lipinski definition) is 1. The molecule has 0 spiro atoms. The summed E-state index contributed by atoms with van der Waals surface area (Å²) in [5, 5.41) is 10.3. The first-order valence-corrected chi connectivity index (χ1v) is 13.4. The zero-order valence-electron chi connectivity index (χ0n) is 22.7. The zero-order chi connectivity index (χ0) is 26.2. The minimum absolute atomic E-state index is 0.129. The second kappa shape index (κ2) is 10.4. The van der Waals surface area contributed by atoms with Crippen LogP contribution in [-0.4, -0.2) is 34.0 Å². The van der Waals surface area contributed by atoms with Crippen molar-refractivity contribution < 1.29 is 19.4 Å². The maximum atomic E-state index is 13.4. The van der Waals surface area contributed by atoms with Crippen LogP contribution in [0, 0.1) is 26.7 Å². The summed E-state index contributed by atoms with van der Waals surface area (Å²) in [6, 6.07) is 8.28. The Morgan fingerprint density at radius 3 is 2.19 bits per heavy atom. The normalized spacial score (nSPS) is 17.6. The molecule has 1 amide bonds. The number of carboxylic acids is 1. The number of carboxylic acid groups (broad SMARTS) is 1. The quantitative estimate of drug-likeness (QED) is 0.506. The summed E-state index contributed by atoms with van der Waals surface area (Å²) in [4.78, 5) is 28.1. The van der Waals surface area contributed by atoms with E-state index < -0.39 is 17.7 Å². The smallest absolute Gasteiger partial charge is 0.337 e. The van der Waals surface area contributed by atoms with E-state index in [4.69, 9.17) is 4.74 Å². The molecule has 5 heteroatoms. The SMILES string of the molecule is Cc1ccc(-c2c(C)c3c(c(C)c2C(OC(C)(C)C)C(=O)O)CN(C(=O)C2CCCCC2)CC3)cc1. The second-order valence-corrected chi connectivity index (χ2v) is 11.7. The highest BCUT2D eigenvalue weighted by atomic mass is 16.5. The zero-order valence-corrected chi connectivity index (χ0v) is 22.7. The van der Waals surface area contributed by atoms with Gasteiger partial charge in [0.25, 0.3) is 0 Å². The number of aryl methyl sites for hydroxylation is 1. The van der Waals surface area contributed by atoms with Crippen LogP contribution in [0.3, 0.4) is 0 Å². The van der Waals surface area contributed by atoms with Crippen LogP contribution in [0.2, 0.25) is 0 Å². The van der Waals surface area contributed by atoms with Gasteiger partial charge in [0, 0.05) is 24.6 Å². The van der Waals surface area contributed by atoms with Gasteiger partial charge in [0.05, 0.1) is 5.60 Å². The number of amides is 1. The van der Waals surface area contributed by atoms with Crippen molar-refractivity contribution in [2.45, 2.75) is 98.3 Å². The Bertz CT molecular complexity index is 1140. The van der Waals surface area contributed by atoms with Gasteiger partial charge in [0.15, 0.2) is 6.10 Å². The van der Waals surface area contributed by atoms with Crippen molar-refractivity contribution in [2.75, 3.05) is 6.54 Å². The van der Waals surface area contributed by atoms with Gasteiger partial charge in [-0.25, -0.2) is 4.79 Å². The molecule has 0 saturated heterocycles. The third-order valence-electron chi connectivity index (χ3n) is 7.86. The van der Waals surface area contributed by atoms with Crippen molar-refractivity contribution in [3.05, 3.63) is 57.6 Å². The van der Waals surface area contributed by atoms with E-state index in [9.17, 15) is 14.7 Å². The first-order chi connectivity index (χ1) is 17.0. The van der Waals surface area contributed by atoms with Crippen molar-refractivity contribution in [1.82, 2.24) is 4.90 Å². The van der Waals surface area contributed by atoms with E-state index in [1.54, 1.807) is 0 Å². The number of hydrogen-bond acceptors (Lipinski definition) is 3. The van der Waals surface area contributed by atoms with Gasteiger partial charge >= 0.3 is 5.97 Å². The van der Waals surface area contributed by atoms with E-state index in [2.05, 4.69) is 38.1 Å². The Hall–Kier alpha value is -2.66. The van der Waals surface area contributed by atoms with Crippen molar-refractivity contribution in [3.63, 3.8) is 0 Å². The Morgan fingerprint density at radius 1 is 0.972 bits per heavy atom. The Labute approximate surface area is 215 Å². The Morgan fingerprint density at radius 2 is 1.61 bits per heavy atom. The van der Waals surface area contributed by atoms with Gasteiger partial charge in [-0.3, -0.25) is 4.79 Å². The number of benzene rings is 2. The molecule has 1 saturated carbocycles. The molecule has 2 aromatic carbocycles. The van der Waals surface area contributed by atoms with Gasteiger partial charge in [-0.1, -0.05) is 49.1 Å². The lowest BCUT2D eigenvalue weighted by atomic mass is 9.79. The maximum Gasteiger partial charge on any atom is 0.337 e. The van der Waals surface area contributed by atoms with Crippen molar-refractivity contribution >= 4 is 11.9 Å². The molecule has 2 aliphatic rings. The third-order valence-corrected chi connectivity index (χ3v) is 7.86. The van der Waals surface area contributed by atoms with E-state index in [1.165, 1.54) is 12.0 Å².